The monoisotopic (exact) mass is 269 g/mol. The molecule has 19 heavy (non-hydrogen) atoms. The zero-order valence-corrected chi connectivity index (χ0v) is 11.3. The average Bonchev–Trinajstić information content (AvgIpc) is 2.70. The molecule has 0 saturated heterocycles. The van der Waals surface area contributed by atoms with Crippen molar-refractivity contribution in [1.29, 1.82) is 0 Å². The predicted octanol–water partition coefficient (Wildman–Crippen LogP) is 1.04. The maximum absolute atomic E-state index is 11.5. The van der Waals surface area contributed by atoms with E-state index in [2.05, 4.69) is 15.7 Å². The molecule has 0 aliphatic heterocycles. The van der Waals surface area contributed by atoms with Gasteiger partial charge in [0.2, 0.25) is 11.7 Å². The summed E-state index contributed by atoms with van der Waals surface area (Å²) in [5, 5.41) is 20.3. The summed E-state index contributed by atoms with van der Waals surface area (Å²) >= 11 is 0. The SMILES string of the molecule is CCC(C)NC(=O)CCNc1nn(C)cc1[N+](=O)[O-]. The Morgan fingerprint density at radius 3 is 2.89 bits per heavy atom. The highest BCUT2D eigenvalue weighted by molar-refractivity contribution is 5.76. The van der Waals surface area contributed by atoms with Gasteiger partial charge in [-0.15, -0.1) is 5.10 Å². The van der Waals surface area contributed by atoms with Crippen LogP contribution in [-0.4, -0.2) is 33.2 Å². The smallest absolute Gasteiger partial charge is 0.330 e. The van der Waals surface area contributed by atoms with Crippen LogP contribution >= 0.6 is 0 Å². The van der Waals surface area contributed by atoms with Gasteiger partial charge in [0.1, 0.15) is 6.20 Å². The highest BCUT2D eigenvalue weighted by Gasteiger charge is 2.18. The summed E-state index contributed by atoms with van der Waals surface area (Å²) in [6.45, 7) is 4.22. The van der Waals surface area contributed by atoms with Gasteiger partial charge in [-0.1, -0.05) is 6.92 Å². The molecule has 0 aliphatic rings. The fraction of sp³-hybridized carbons (Fsp3) is 0.636. The molecule has 1 aromatic rings. The number of carbonyl (C=O) groups is 1. The molecule has 0 radical (unpaired) electrons. The summed E-state index contributed by atoms with van der Waals surface area (Å²) in [6.07, 6.45) is 2.44. The van der Waals surface area contributed by atoms with Crippen molar-refractivity contribution in [2.45, 2.75) is 32.7 Å². The second-order valence-corrected chi connectivity index (χ2v) is 4.35. The van der Waals surface area contributed by atoms with E-state index in [-0.39, 0.29) is 29.9 Å². The molecule has 106 valence electrons. The third-order valence-electron chi connectivity index (χ3n) is 2.67. The zero-order chi connectivity index (χ0) is 14.4. The minimum atomic E-state index is -0.505. The number of carbonyl (C=O) groups excluding carboxylic acids is 1. The van der Waals surface area contributed by atoms with Gasteiger partial charge in [0, 0.05) is 26.1 Å². The Bertz CT molecular complexity index is 457. The molecule has 1 atom stereocenters. The molecule has 1 unspecified atom stereocenters. The van der Waals surface area contributed by atoms with E-state index in [1.54, 1.807) is 7.05 Å². The van der Waals surface area contributed by atoms with Crippen LogP contribution in [0.2, 0.25) is 0 Å². The molecular weight excluding hydrogens is 250 g/mol. The molecule has 0 aliphatic carbocycles. The van der Waals surface area contributed by atoms with Crippen molar-refractivity contribution in [1.82, 2.24) is 15.1 Å². The lowest BCUT2D eigenvalue weighted by atomic mass is 10.2. The summed E-state index contributed by atoms with van der Waals surface area (Å²) in [5.74, 6) is 0.101. The number of anilines is 1. The Kier molecular flexibility index (Phi) is 5.28. The summed E-state index contributed by atoms with van der Waals surface area (Å²) < 4.78 is 1.36. The van der Waals surface area contributed by atoms with Crippen LogP contribution in [0.1, 0.15) is 26.7 Å². The van der Waals surface area contributed by atoms with E-state index in [1.807, 2.05) is 13.8 Å². The number of nitro groups is 1. The normalized spacial score (nSPS) is 11.9. The predicted molar refractivity (Wildman–Crippen MR) is 70.9 cm³/mol. The van der Waals surface area contributed by atoms with Crippen LogP contribution in [0.25, 0.3) is 0 Å². The van der Waals surface area contributed by atoms with E-state index < -0.39 is 4.92 Å². The highest BCUT2D eigenvalue weighted by atomic mass is 16.6. The van der Waals surface area contributed by atoms with Crippen LogP contribution in [0.3, 0.4) is 0 Å². The van der Waals surface area contributed by atoms with Crippen molar-refractivity contribution in [3.05, 3.63) is 16.3 Å². The fourth-order valence-corrected chi connectivity index (χ4v) is 1.48. The first kappa shape index (κ1) is 14.9. The molecule has 1 amide bonds. The van der Waals surface area contributed by atoms with Crippen molar-refractivity contribution >= 4 is 17.4 Å². The van der Waals surface area contributed by atoms with Crippen LogP contribution in [0.5, 0.6) is 0 Å². The minimum absolute atomic E-state index is 0.0829. The quantitative estimate of drug-likeness (QED) is 0.569. The number of nitrogens with one attached hydrogen (secondary N) is 2. The number of aryl methyl sites for hydroxylation is 1. The van der Waals surface area contributed by atoms with Crippen molar-refractivity contribution in [3.8, 4) is 0 Å². The summed E-state index contributed by atoms with van der Waals surface area (Å²) in [7, 11) is 1.60. The summed E-state index contributed by atoms with van der Waals surface area (Å²) in [5.41, 5.74) is -0.0927. The van der Waals surface area contributed by atoms with Crippen molar-refractivity contribution in [2.75, 3.05) is 11.9 Å². The van der Waals surface area contributed by atoms with Crippen LogP contribution in [0.15, 0.2) is 6.20 Å². The van der Waals surface area contributed by atoms with Gasteiger partial charge in [-0.25, -0.2) is 0 Å². The van der Waals surface area contributed by atoms with Gasteiger partial charge in [-0.05, 0) is 13.3 Å². The Balaban J connectivity index is 2.45. The molecule has 1 heterocycles. The van der Waals surface area contributed by atoms with E-state index >= 15 is 0 Å². The van der Waals surface area contributed by atoms with Gasteiger partial charge < -0.3 is 10.6 Å². The number of nitrogens with zero attached hydrogens (tertiary/aromatic N) is 3. The van der Waals surface area contributed by atoms with Crippen LogP contribution < -0.4 is 10.6 Å². The first-order valence-corrected chi connectivity index (χ1v) is 6.15. The molecule has 0 aromatic carbocycles. The Hall–Kier alpha value is -2.12. The number of amides is 1. The van der Waals surface area contributed by atoms with Gasteiger partial charge in [0.25, 0.3) is 0 Å². The molecule has 8 heteroatoms. The average molecular weight is 269 g/mol. The van der Waals surface area contributed by atoms with Crippen LogP contribution in [0, 0.1) is 10.1 Å². The first-order chi connectivity index (χ1) is 8.93. The lowest BCUT2D eigenvalue weighted by Gasteiger charge is -2.11. The minimum Gasteiger partial charge on any atom is -0.362 e. The summed E-state index contributed by atoms with van der Waals surface area (Å²) in [4.78, 5) is 21.8. The lowest BCUT2D eigenvalue weighted by Crippen LogP contribution is -2.33. The molecule has 1 rings (SSSR count). The highest BCUT2D eigenvalue weighted by Crippen LogP contribution is 2.20. The van der Waals surface area contributed by atoms with E-state index in [1.165, 1.54) is 10.9 Å². The molecule has 0 bridgehead atoms. The van der Waals surface area contributed by atoms with Crippen molar-refractivity contribution < 1.29 is 9.72 Å². The van der Waals surface area contributed by atoms with Crippen molar-refractivity contribution in [3.63, 3.8) is 0 Å². The largest absolute Gasteiger partial charge is 0.362 e. The Morgan fingerprint density at radius 2 is 2.32 bits per heavy atom. The zero-order valence-electron chi connectivity index (χ0n) is 11.3. The molecule has 0 spiro atoms. The number of hydrogen-bond donors (Lipinski definition) is 2. The van der Waals surface area contributed by atoms with Crippen molar-refractivity contribution in [2.24, 2.45) is 7.05 Å². The fourth-order valence-electron chi connectivity index (χ4n) is 1.48. The summed E-state index contributed by atoms with van der Waals surface area (Å²) in [6, 6.07) is 0.136. The molecular formula is C11H19N5O3. The first-order valence-electron chi connectivity index (χ1n) is 6.15. The van der Waals surface area contributed by atoms with Gasteiger partial charge in [0.15, 0.2) is 0 Å². The second-order valence-electron chi connectivity index (χ2n) is 4.35. The van der Waals surface area contributed by atoms with Gasteiger partial charge in [0.05, 0.1) is 4.92 Å². The maximum atomic E-state index is 11.5. The van der Waals surface area contributed by atoms with Crippen LogP contribution in [-0.2, 0) is 11.8 Å². The van der Waals surface area contributed by atoms with E-state index in [9.17, 15) is 14.9 Å². The maximum Gasteiger partial charge on any atom is 0.330 e. The standard InChI is InChI=1S/C11H19N5O3/c1-4-8(2)13-10(17)5-6-12-11-9(16(18)19)7-15(3)14-11/h7-8H,4-6H2,1-3H3,(H,12,14)(H,13,17). The molecule has 0 fully saturated rings. The lowest BCUT2D eigenvalue weighted by molar-refractivity contribution is -0.384. The second kappa shape index (κ2) is 6.72. The molecule has 1 aromatic heterocycles. The Labute approximate surface area is 111 Å². The number of rotatable bonds is 7. The number of hydrogen-bond acceptors (Lipinski definition) is 5. The number of aromatic nitrogens is 2. The van der Waals surface area contributed by atoms with Gasteiger partial charge in [-0.3, -0.25) is 19.6 Å². The van der Waals surface area contributed by atoms with Gasteiger partial charge in [-0.2, -0.15) is 0 Å². The van der Waals surface area contributed by atoms with E-state index in [0.717, 1.165) is 6.42 Å². The molecule has 2 N–H and O–H groups in total. The van der Waals surface area contributed by atoms with E-state index in [4.69, 9.17) is 0 Å². The topological polar surface area (TPSA) is 102 Å². The van der Waals surface area contributed by atoms with Crippen LogP contribution in [0.4, 0.5) is 11.5 Å². The molecule has 8 nitrogen and oxygen atoms in total. The third-order valence-corrected chi connectivity index (χ3v) is 2.67. The van der Waals surface area contributed by atoms with Gasteiger partial charge >= 0.3 is 5.69 Å². The molecule has 0 saturated carbocycles. The third kappa shape index (κ3) is 4.57. The van der Waals surface area contributed by atoms with E-state index in [0.29, 0.717) is 6.54 Å². The Morgan fingerprint density at radius 1 is 1.63 bits per heavy atom.